The molecule has 10 heavy (non-hydrogen) atoms. The van der Waals surface area contributed by atoms with Gasteiger partial charge in [-0.1, -0.05) is 13.8 Å². The highest BCUT2D eigenvalue weighted by atomic mass is 14.8. The highest BCUT2D eigenvalue weighted by Gasteiger charge is 1.97. The van der Waals surface area contributed by atoms with Crippen molar-refractivity contribution in [1.82, 2.24) is 10.6 Å². The van der Waals surface area contributed by atoms with E-state index < -0.39 is 0 Å². The molecule has 0 radical (unpaired) electrons. The van der Waals surface area contributed by atoms with E-state index in [0.717, 1.165) is 25.6 Å². The first-order valence-corrected chi connectivity index (χ1v) is 4.16. The monoisotopic (exact) mass is 144 g/mol. The van der Waals surface area contributed by atoms with E-state index >= 15 is 0 Å². The lowest BCUT2D eigenvalue weighted by molar-refractivity contribution is 0.485. The topological polar surface area (TPSA) is 24.1 Å². The van der Waals surface area contributed by atoms with Gasteiger partial charge in [0, 0.05) is 0 Å². The van der Waals surface area contributed by atoms with Crippen molar-refractivity contribution in [2.45, 2.75) is 20.3 Å². The standard InChI is InChI=1S/C8H20N2/c1-4-10-6-5-8(2)7-9-3/h8-10H,4-7H2,1-3H3. The molecule has 1 unspecified atom stereocenters. The molecule has 0 fully saturated rings. The molecule has 0 bridgehead atoms. The molecule has 0 aliphatic rings. The van der Waals surface area contributed by atoms with Crippen LogP contribution in [0.15, 0.2) is 0 Å². The summed E-state index contributed by atoms with van der Waals surface area (Å²) in [7, 11) is 2.00. The molecule has 0 heterocycles. The molecule has 0 aromatic heterocycles. The Morgan fingerprint density at radius 1 is 1.40 bits per heavy atom. The van der Waals surface area contributed by atoms with Crippen molar-refractivity contribution < 1.29 is 0 Å². The average Bonchev–Trinajstić information content (AvgIpc) is 1.89. The summed E-state index contributed by atoms with van der Waals surface area (Å²) in [6.45, 7) is 7.79. The zero-order valence-corrected chi connectivity index (χ0v) is 7.41. The lowest BCUT2D eigenvalue weighted by Gasteiger charge is -2.09. The van der Waals surface area contributed by atoms with E-state index in [-0.39, 0.29) is 0 Å². The molecule has 0 aliphatic carbocycles. The highest BCUT2D eigenvalue weighted by molar-refractivity contribution is 4.56. The minimum absolute atomic E-state index is 0.795. The lowest BCUT2D eigenvalue weighted by atomic mass is 10.1. The van der Waals surface area contributed by atoms with Gasteiger partial charge in [0.25, 0.3) is 0 Å². The van der Waals surface area contributed by atoms with E-state index in [9.17, 15) is 0 Å². The van der Waals surface area contributed by atoms with Gasteiger partial charge < -0.3 is 10.6 Å². The maximum Gasteiger partial charge on any atom is -0.00257 e. The molecule has 0 rings (SSSR count). The molecule has 0 saturated heterocycles. The number of hydrogen-bond donors (Lipinski definition) is 2. The van der Waals surface area contributed by atoms with Crippen LogP contribution in [0.3, 0.4) is 0 Å². The summed E-state index contributed by atoms with van der Waals surface area (Å²) in [5.41, 5.74) is 0. The Kier molecular flexibility index (Phi) is 6.98. The normalized spacial score (nSPS) is 13.5. The molecule has 2 heteroatoms. The third kappa shape index (κ3) is 6.05. The second-order valence-corrected chi connectivity index (χ2v) is 2.81. The van der Waals surface area contributed by atoms with Crippen LogP contribution in [-0.4, -0.2) is 26.7 Å². The van der Waals surface area contributed by atoms with Crippen molar-refractivity contribution in [1.29, 1.82) is 0 Å². The molecule has 0 aromatic carbocycles. The minimum atomic E-state index is 0.795. The van der Waals surface area contributed by atoms with Gasteiger partial charge in [0.1, 0.15) is 0 Å². The van der Waals surface area contributed by atoms with Crippen LogP contribution in [-0.2, 0) is 0 Å². The van der Waals surface area contributed by atoms with E-state index in [1.165, 1.54) is 6.42 Å². The molecule has 0 aromatic rings. The quantitative estimate of drug-likeness (QED) is 0.540. The van der Waals surface area contributed by atoms with E-state index in [0.29, 0.717) is 0 Å². The first kappa shape index (κ1) is 9.92. The Morgan fingerprint density at radius 3 is 2.60 bits per heavy atom. The van der Waals surface area contributed by atoms with Crippen LogP contribution in [0.4, 0.5) is 0 Å². The minimum Gasteiger partial charge on any atom is -0.319 e. The first-order valence-electron chi connectivity index (χ1n) is 4.16. The fourth-order valence-electron chi connectivity index (χ4n) is 0.976. The highest BCUT2D eigenvalue weighted by Crippen LogP contribution is 1.96. The van der Waals surface area contributed by atoms with Crippen molar-refractivity contribution in [3.63, 3.8) is 0 Å². The van der Waals surface area contributed by atoms with Gasteiger partial charge in [-0.3, -0.25) is 0 Å². The molecule has 2 nitrogen and oxygen atoms in total. The SMILES string of the molecule is CCNCCC(C)CNC. The average molecular weight is 144 g/mol. The molecule has 2 N–H and O–H groups in total. The van der Waals surface area contributed by atoms with E-state index in [2.05, 4.69) is 24.5 Å². The van der Waals surface area contributed by atoms with Crippen LogP contribution < -0.4 is 10.6 Å². The van der Waals surface area contributed by atoms with Crippen LogP contribution in [0.5, 0.6) is 0 Å². The summed E-state index contributed by atoms with van der Waals surface area (Å²) in [6, 6.07) is 0. The summed E-state index contributed by atoms with van der Waals surface area (Å²) >= 11 is 0. The van der Waals surface area contributed by atoms with Crippen LogP contribution in [0.1, 0.15) is 20.3 Å². The van der Waals surface area contributed by atoms with Gasteiger partial charge in [0.15, 0.2) is 0 Å². The van der Waals surface area contributed by atoms with Crippen LogP contribution in [0.25, 0.3) is 0 Å². The van der Waals surface area contributed by atoms with Crippen LogP contribution in [0, 0.1) is 5.92 Å². The fourth-order valence-corrected chi connectivity index (χ4v) is 0.976. The van der Waals surface area contributed by atoms with Gasteiger partial charge in [-0.15, -0.1) is 0 Å². The summed E-state index contributed by atoms with van der Waals surface area (Å²) in [6.07, 6.45) is 1.27. The van der Waals surface area contributed by atoms with E-state index in [4.69, 9.17) is 0 Å². The Hall–Kier alpha value is -0.0800. The maximum atomic E-state index is 3.31. The largest absolute Gasteiger partial charge is 0.319 e. The first-order chi connectivity index (χ1) is 4.81. The van der Waals surface area contributed by atoms with Crippen molar-refractivity contribution in [2.75, 3.05) is 26.7 Å². The maximum absolute atomic E-state index is 3.31. The van der Waals surface area contributed by atoms with Gasteiger partial charge in [0.05, 0.1) is 0 Å². The summed E-state index contributed by atoms with van der Waals surface area (Å²) in [5, 5.41) is 6.48. The van der Waals surface area contributed by atoms with E-state index in [1.807, 2.05) is 7.05 Å². The van der Waals surface area contributed by atoms with Crippen molar-refractivity contribution in [2.24, 2.45) is 5.92 Å². The number of hydrogen-bond acceptors (Lipinski definition) is 2. The van der Waals surface area contributed by atoms with E-state index in [1.54, 1.807) is 0 Å². The van der Waals surface area contributed by atoms with Gasteiger partial charge in [-0.2, -0.15) is 0 Å². The predicted molar refractivity (Wildman–Crippen MR) is 46.3 cm³/mol. The number of nitrogens with one attached hydrogen (secondary N) is 2. The predicted octanol–water partition coefficient (Wildman–Crippen LogP) is 0.841. The van der Waals surface area contributed by atoms with Gasteiger partial charge in [-0.25, -0.2) is 0 Å². The molecule has 0 aliphatic heterocycles. The Balaban J connectivity index is 2.97. The molecular formula is C8H20N2. The summed E-state index contributed by atoms with van der Waals surface area (Å²) in [4.78, 5) is 0. The third-order valence-electron chi connectivity index (χ3n) is 1.62. The summed E-state index contributed by atoms with van der Waals surface area (Å²) in [5.74, 6) is 0.795. The second-order valence-electron chi connectivity index (χ2n) is 2.81. The smallest absolute Gasteiger partial charge is 0.00257 e. The third-order valence-corrected chi connectivity index (χ3v) is 1.62. The molecule has 0 amide bonds. The molecule has 62 valence electrons. The number of rotatable bonds is 6. The van der Waals surface area contributed by atoms with Crippen LogP contribution >= 0.6 is 0 Å². The molecular weight excluding hydrogens is 124 g/mol. The summed E-state index contributed by atoms with van der Waals surface area (Å²) < 4.78 is 0. The molecule has 0 spiro atoms. The van der Waals surface area contributed by atoms with Crippen LogP contribution in [0.2, 0.25) is 0 Å². The lowest BCUT2D eigenvalue weighted by Crippen LogP contribution is -2.22. The Morgan fingerprint density at radius 2 is 2.10 bits per heavy atom. The molecule has 0 saturated carbocycles. The van der Waals surface area contributed by atoms with Crippen molar-refractivity contribution in [3.8, 4) is 0 Å². The zero-order chi connectivity index (χ0) is 7.82. The van der Waals surface area contributed by atoms with Gasteiger partial charge >= 0.3 is 0 Å². The van der Waals surface area contributed by atoms with Gasteiger partial charge in [-0.05, 0) is 39.0 Å². The van der Waals surface area contributed by atoms with Crippen molar-refractivity contribution >= 4 is 0 Å². The Labute approximate surface area is 64.4 Å². The molecule has 1 atom stereocenters. The van der Waals surface area contributed by atoms with Crippen molar-refractivity contribution in [3.05, 3.63) is 0 Å². The van der Waals surface area contributed by atoms with Gasteiger partial charge in [0.2, 0.25) is 0 Å². The fraction of sp³-hybridized carbons (Fsp3) is 1.00. The zero-order valence-electron chi connectivity index (χ0n) is 7.41. The Bertz CT molecular complexity index is 64.3. The second kappa shape index (κ2) is 7.03.